The van der Waals surface area contributed by atoms with Crippen LogP contribution in [0.1, 0.15) is 34.1 Å². The Morgan fingerprint density at radius 1 is 1.19 bits per heavy atom. The first-order valence-electron chi connectivity index (χ1n) is 7.52. The lowest BCUT2D eigenvalue weighted by Gasteiger charge is -2.28. The summed E-state index contributed by atoms with van der Waals surface area (Å²) in [6.45, 7) is 11.5. The summed E-state index contributed by atoms with van der Waals surface area (Å²) in [4.78, 5) is 27.2. The Morgan fingerprint density at radius 3 is 2.10 bits per heavy atom. The highest BCUT2D eigenvalue weighted by molar-refractivity contribution is 5.85. The molecule has 0 aromatic carbocycles. The molecule has 0 saturated carbocycles. The lowest BCUT2D eigenvalue weighted by molar-refractivity contribution is -0.141. The van der Waals surface area contributed by atoms with Gasteiger partial charge in [0.05, 0.1) is 12.5 Å². The quantitative estimate of drug-likeness (QED) is 0.779. The Kier molecular flexibility index (Phi) is 8.90. The molecule has 1 N–H and O–H groups in total. The maximum atomic E-state index is 12.4. The van der Waals surface area contributed by atoms with Crippen molar-refractivity contribution in [2.75, 3.05) is 32.7 Å². The van der Waals surface area contributed by atoms with Gasteiger partial charge in [0.15, 0.2) is 0 Å². The number of likely N-dealkylation sites (tertiary alicyclic amines) is 1. The number of carboxylic acids is 1. The summed E-state index contributed by atoms with van der Waals surface area (Å²) in [7, 11) is 0. The van der Waals surface area contributed by atoms with E-state index in [1.165, 1.54) is 0 Å². The molecular formula is C15H29ClN2O3. The molecule has 1 aliphatic heterocycles. The summed E-state index contributed by atoms with van der Waals surface area (Å²) < 4.78 is 0. The van der Waals surface area contributed by atoms with Crippen molar-refractivity contribution in [3.05, 3.63) is 0 Å². The average molecular weight is 321 g/mol. The van der Waals surface area contributed by atoms with Crippen LogP contribution in [0.5, 0.6) is 0 Å². The first-order chi connectivity index (χ1) is 9.29. The number of rotatable bonds is 7. The number of hydrogen-bond acceptors (Lipinski definition) is 3. The van der Waals surface area contributed by atoms with Crippen molar-refractivity contribution in [1.82, 2.24) is 9.80 Å². The van der Waals surface area contributed by atoms with Crippen molar-refractivity contribution in [2.24, 2.45) is 17.8 Å². The van der Waals surface area contributed by atoms with Gasteiger partial charge < -0.3 is 10.0 Å². The Bertz CT molecular complexity index is 338. The molecule has 0 aliphatic carbocycles. The van der Waals surface area contributed by atoms with Crippen molar-refractivity contribution >= 4 is 24.3 Å². The van der Waals surface area contributed by atoms with E-state index in [4.69, 9.17) is 5.11 Å². The van der Waals surface area contributed by atoms with Crippen LogP contribution in [0, 0.1) is 17.8 Å². The number of amides is 1. The number of nitrogens with zero attached hydrogens (tertiary/aromatic N) is 2. The van der Waals surface area contributed by atoms with Gasteiger partial charge in [-0.3, -0.25) is 14.5 Å². The standard InChI is InChI=1S/C15H28N2O3.ClH/c1-11(2)7-17(8-12(3)4)14(18)10-16-6-5-13(9-16)15(19)20;/h11-13H,5-10H2,1-4H3,(H,19,20);1H. The van der Waals surface area contributed by atoms with Crippen molar-refractivity contribution in [1.29, 1.82) is 0 Å². The first kappa shape index (κ1) is 20.2. The van der Waals surface area contributed by atoms with Crippen molar-refractivity contribution < 1.29 is 14.7 Å². The van der Waals surface area contributed by atoms with Crippen LogP contribution in [-0.4, -0.2) is 59.5 Å². The van der Waals surface area contributed by atoms with Gasteiger partial charge in [0, 0.05) is 19.6 Å². The topological polar surface area (TPSA) is 60.9 Å². The first-order valence-corrected chi connectivity index (χ1v) is 7.52. The zero-order valence-corrected chi connectivity index (χ0v) is 14.4. The average Bonchev–Trinajstić information content (AvgIpc) is 2.75. The van der Waals surface area contributed by atoms with E-state index in [1.54, 1.807) is 0 Å². The molecule has 1 saturated heterocycles. The molecule has 0 radical (unpaired) electrons. The van der Waals surface area contributed by atoms with E-state index in [0.717, 1.165) is 13.1 Å². The third-order valence-corrected chi connectivity index (χ3v) is 3.50. The van der Waals surface area contributed by atoms with Gasteiger partial charge in [-0.25, -0.2) is 0 Å². The second kappa shape index (κ2) is 9.26. The highest BCUT2D eigenvalue weighted by Gasteiger charge is 2.30. The number of hydrogen-bond donors (Lipinski definition) is 1. The second-order valence-corrected chi connectivity index (χ2v) is 6.65. The van der Waals surface area contributed by atoms with Crippen LogP contribution in [-0.2, 0) is 9.59 Å². The summed E-state index contributed by atoms with van der Waals surface area (Å²) in [5, 5.41) is 8.99. The fraction of sp³-hybridized carbons (Fsp3) is 0.867. The van der Waals surface area contributed by atoms with Gasteiger partial charge in [0.2, 0.25) is 5.91 Å². The van der Waals surface area contributed by atoms with Crippen LogP contribution in [0.15, 0.2) is 0 Å². The lowest BCUT2D eigenvalue weighted by atomic mass is 10.1. The molecule has 1 fully saturated rings. The smallest absolute Gasteiger partial charge is 0.307 e. The molecule has 1 atom stereocenters. The van der Waals surface area contributed by atoms with E-state index in [9.17, 15) is 9.59 Å². The zero-order valence-electron chi connectivity index (χ0n) is 13.5. The number of carboxylic acid groups (broad SMARTS) is 1. The molecule has 21 heavy (non-hydrogen) atoms. The summed E-state index contributed by atoms with van der Waals surface area (Å²) >= 11 is 0. The molecule has 1 heterocycles. The Hall–Kier alpha value is -0.810. The molecule has 6 heteroatoms. The predicted molar refractivity (Wildman–Crippen MR) is 85.7 cm³/mol. The summed E-state index contributed by atoms with van der Waals surface area (Å²) in [5.74, 6) is -0.0443. The minimum atomic E-state index is -0.749. The van der Waals surface area contributed by atoms with E-state index in [2.05, 4.69) is 27.7 Å². The van der Waals surface area contributed by atoms with Gasteiger partial charge in [0.25, 0.3) is 0 Å². The summed E-state index contributed by atoms with van der Waals surface area (Å²) in [6.07, 6.45) is 0.650. The number of aliphatic carboxylic acids is 1. The molecule has 5 nitrogen and oxygen atoms in total. The Morgan fingerprint density at radius 2 is 1.71 bits per heavy atom. The van der Waals surface area contributed by atoms with E-state index < -0.39 is 5.97 Å². The Balaban J connectivity index is 0.00000400. The van der Waals surface area contributed by atoms with Crippen LogP contribution < -0.4 is 0 Å². The highest BCUT2D eigenvalue weighted by atomic mass is 35.5. The van der Waals surface area contributed by atoms with Gasteiger partial charge in [0.1, 0.15) is 0 Å². The van der Waals surface area contributed by atoms with Crippen LogP contribution in [0.2, 0.25) is 0 Å². The van der Waals surface area contributed by atoms with Crippen molar-refractivity contribution in [3.8, 4) is 0 Å². The monoisotopic (exact) mass is 320 g/mol. The fourth-order valence-electron chi connectivity index (χ4n) is 2.63. The van der Waals surface area contributed by atoms with Crippen molar-refractivity contribution in [2.45, 2.75) is 34.1 Å². The fourth-order valence-corrected chi connectivity index (χ4v) is 2.63. The molecule has 0 bridgehead atoms. The second-order valence-electron chi connectivity index (χ2n) is 6.65. The van der Waals surface area contributed by atoms with E-state index >= 15 is 0 Å². The normalized spacial score (nSPS) is 18.9. The van der Waals surface area contributed by atoms with E-state index in [-0.39, 0.29) is 24.2 Å². The van der Waals surface area contributed by atoms with Crippen LogP contribution >= 0.6 is 12.4 Å². The molecule has 1 aliphatic rings. The summed E-state index contributed by atoms with van der Waals surface area (Å²) in [5.41, 5.74) is 0. The number of carbonyl (C=O) groups excluding carboxylic acids is 1. The van der Waals surface area contributed by atoms with Gasteiger partial charge in [-0.2, -0.15) is 0 Å². The SMILES string of the molecule is CC(C)CN(CC(C)C)C(=O)CN1CCC(C(=O)O)C1.Cl. The third kappa shape index (κ3) is 7.14. The molecule has 0 aromatic heterocycles. The molecule has 0 spiro atoms. The predicted octanol–water partition coefficient (Wildman–Crippen LogP) is 1.96. The molecule has 0 aromatic rings. The maximum Gasteiger partial charge on any atom is 0.307 e. The van der Waals surface area contributed by atoms with Gasteiger partial charge >= 0.3 is 5.97 Å². The molecule has 124 valence electrons. The van der Waals surface area contributed by atoms with Crippen LogP contribution in [0.4, 0.5) is 0 Å². The zero-order chi connectivity index (χ0) is 15.3. The third-order valence-electron chi connectivity index (χ3n) is 3.50. The van der Waals surface area contributed by atoms with E-state index in [1.807, 2.05) is 9.80 Å². The molecular weight excluding hydrogens is 292 g/mol. The number of carbonyl (C=O) groups is 2. The molecule has 1 amide bonds. The summed E-state index contributed by atoms with van der Waals surface area (Å²) in [6, 6.07) is 0. The number of halogens is 1. The van der Waals surface area contributed by atoms with Gasteiger partial charge in [-0.1, -0.05) is 27.7 Å². The van der Waals surface area contributed by atoms with Gasteiger partial charge in [-0.15, -0.1) is 12.4 Å². The highest BCUT2D eigenvalue weighted by Crippen LogP contribution is 2.16. The largest absolute Gasteiger partial charge is 0.481 e. The Labute approximate surface area is 134 Å². The molecule has 1 rings (SSSR count). The maximum absolute atomic E-state index is 12.4. The van der Waals surface area contributed by atoms with Gasteiger partial charge in [-0.05, 0) is 24.8 Å². The minimum Gasteiger partial charge on any atom is -0.481 e. The van der Waals surface area contributed by atoms with Crippen LogP contribution in [0.25, 0.3) is 0 Å². The minimum absolute atomic E-state index is 0. The lowest BCUT2D eigenvalue weighted by Crippen LogP contribution is -2.43. The molecule has 1 unspecified atom stereocenters. The van der Waals surface area contributed by atoms with Crippen molar-refractivity contribution in [3.63, 3.8) is 0 Å². The van der Waals surface area contributed by atoms with Crippen LogP contribution in [0.3, 0.4) is 0 Å². The van der Waals surface area contributed by atoms with E-state index in [0.29, 0.717) is 37.9 Å².